The zero-order chi connectivity index (χ0) is 14.7. The van der Waals surface area contributed by atoms with Gasteiger partial charge in [-0.25, -0.2) is 4.39 Å². The lowest BCUT2D eigenvalue weighted by atomic mass is 10.2. The van der Waals surface area contributed by atoms with E-state index in [4.69, 9.17) is 22.6 Å². The highest BCUT2D eigenvalue weighted by Crippen LogP contribution is 2.22. The molecule has 3 nitrogen and oxygen atoms in total. The third kappa shape index (κ3) is 3.16. The summed E-state index contributed by atoms with van der Waals surface area (Å²) in [7, 11) is -1.43. The Bertz CT molecular complexity index is 728. The highest BCUT2D eigenvalue weighted by molar-refractivity contribution is 7.84. The average molecular weight is 309 g/mol. The van der Waals surface area contributed by atoms with Crippen LogP contribution in [0.3, 0.4) is 0 Å². The molecule has 0 aliphatic heterocycles. The third-order valence-electron chi connectivity index (χ3n) is 2.70. The molecule has 0 fully saturated rings. The third-order valence-corrected chi connectivity index (χ3v) is 4.41. The molecule has 1 atom stereocenters. The summed E-state index contributed by atoms with van der Waals surface area (Å²) in [4.78, 5) is 0.345. The van der Waals surface area contributed by atoms with Crippen molar-refractivity contribution in [3.8, 4) is 6.07 Å². The Hall–Kier alpha value is -1.90. The first kappa shape index (κ1) is 14.5. The predicted molar refractivity (Wildman–Crippen MR) is 77.1 cm³/mol. The first-order valence-electron chi connectivity index (χ1n) is 5.63. The van der Waals surface area contributed by atoms with Crippen molar-refractivity contribution in [1.29, 1.82) is 5.26 Å². The van der Waals surface area contributed by atoms with Gasteiger partial charge in [0.25, 0.3) is 0 Å². The Morgan fingerprint density at radius 3 is 2.65 bits per heavy atom. The van der Waals surface area contributed by atoms with E-state index in [1.807, 2.05) is 6.07 Å². The SMILES string of the molecule is N#Cc1ccc(CS(=O)c2ccc(N)c(F)c2)c(Cl)c1. The molecule has 0 spiro atoms. The minimum Gasteiger partial charge on any atom is -0.396 e. The second kappa shape index (κ2) is 6.04. The fourth-order valence-electron chi connectivity index (χ4n) is 1.61. The van der Waals surface area contributed by atoms with Crippen LogP contribution in [0.1, 0.15) is 11.1 Å². The molecule has 0 bridgehead atoms. The van der Waals surface area contributed by atoms with Crippen molar-refractivity contribution in [2.45, 2.75) is 10.6 Å². The zero-order valence-corrected chi connectivity index (χ0v) is 11.8. The van der Waals surface area contributed by atoms with Crippen molar-refractivity contribution in [3.05, 3.63) is 58.4 Å². The van der Waals surface area contributed by atoms with Crippen LogP contribution in [-0.4, -0.2) is 4.21 Å². The van der Waals surface area contributed by atoms with Crippen LogP contribution in [0.25, 0.3) is 0 Å². The van der Waals surface area contributed by atoms with Crippen LogP contribution < -0.4 is 5.73 Å². The molecule has 0 aliphatic rings. The van der Waals surface area contributed by atoms with Gasteiger partial charge < -0.3 is 5.73 Å². The van der Waals surface area contributed by atoms with Crippen molar-refractivity contribution < 1.29 is 8.60 Å². The Balaban J connectivity index is 2.23. The summed E-state index contributed by atoms with van der Waals surface area (Å²) in [5.41, 5.74) is 6.46. The number of nitriles is 1. The fraction of sp³-hybridized carbons (Fsp3) is 0.0714. The molecular formula is C14H10ClFN2OS. The minimum atomic E-state index is -1.43. The standard InChI is InChI=1S/C14H10ClFN2OS/c15-12-5-9(7-17)1-2-10(12)8-20(19)11-3-4-14(18)13(16)6-11/h1-6H,8,18H2. The predicted octanol–water partition coefficient (Wildman–Crippen LogP) is 3.24. The number of hydrogen-bond acceptors (Lipinski definition) is 3. The average Bonchev–Trinajstić information content (AvgIpc) is 2.43. The van der Waals surface area contributed by atoms with Crippen molar-refractivity contribution >= 4 is 28.1 Å². The second-order valence-corrected chi connectivity index (χ2v) is 5.95. The van der Waals surface area contributed by atoms with Gasteiger partial charge >= 0.3 is 0 Å². The molecule has 0 saturated heterocycles. The molecule has 0 aliphatic carbocycles. The van der Waals surface area contributed by atoms with E-state index >= 15 is 0 Å². The molecule has 1 unspecified atom stereocenters. The molecule has 2 aromatic carbocycles. The second-order valence-electron chi connectivity index (χ2n) is 4.09. The summed E-state index contributed by atoms with van der Waals surface area (Å²) in [6.45, 7) is 0. The Morgan fingerprint density at radius 2 is 2.05 bits per heavy atom. The molecule has 20 heavy (non-hydrogen) atoms. The van der Waals surface area contributed by atoms with Gasteiger partial charge in [0.2, 0.25) is 0 Å². The van der Waals surface area contributed by atoms with E-state index in [1.165, 1.54) is 18.2 Å². The number of halogens is 2. The van der Waals surface area contributed by atoms with Gasteiger partial charge in [-0.3, -0.25) is 4.21 Å². The largest absolute Gasteiger partial charge is 0.396 e. The van der Waals surface area contributed by atoms with E-state index in [9.17, 15) is 8.60 Å². The van der Waals surface area contributed by atoms with Crippen molar-refractivity contribution in [2.75, 3.05) is 5.73 Å². The Kier molecular flexibility index (Phi) is 4.38. The number of nitrogens with zero attached hydrogens (tertiary/aromatic N) is 1. The van der Waals surface area contributed by atoms with Gasteiger partial charge in [0.05, 0.1) is 33.9 Å². The molecule has 0 amide bonds. The maximum atomic E-state index is 13.3. The number of anilines is 1. The molecule has 2 rings (SSSR count). The van der Waals surface area contributed by atoms with Gasteiger partial charge in [-0.1, -0.05) is 17.7 Å². The molecule has 0 saturated carbocycles. The van der Waals surface area contributed by atoms with Crippen LogP contribution in [0.5, 0.6) is 0 Å². The van der Waals surface area contributed by atoms with Crippen molar-refractivity contribution in [1.82, 2.24) is 0 Å². The first-order valence-corrected chi connectivity index (χ1v) is 7.33. The highest BCUT2D eigenvalue weighted by Gasteiger charge is 2.10. The summed E-state index contributed by atoms with van der Waals surface area (Å²) in [5.74, 6) is -0.449. The van der Waals surface area contributed by atoms with Crippen LogP contribution in [-0.2, 0) is 16.6 Å². The van der Waals surface area contributed by atoms with E-state index in [0.717, 1.165) is 6.07 Å². The van der Waals surface area contributed by atoms with E-state index in [1.54, 1.807) is 12.1 Å². The fourth-order valence-corrected chi connectivity index (χ4v) is 3.09. The molecule has 2 N–H and O–H groups in total. The summed E-state index contributed by atoms with van der Waals surface area (Å²) in [5, 5.41) is 9.12. The van der Waals surface area contributed by atoms with Gasteiger partial charge in [0, 0.05) is 9.92 Å². The van der Waals surface area contributed by atoms with E-state index in [-0.39, 0.29) is 11.4 Å². The normalized spacial score (nSPS) is 11.8. The van der Waals surface area contributed by atoms with Gasteiger partial charge in [0.1, 0.15) is 5.82 Å². The number of nitrogens with two attached hydrogens (primary N) is 1. The molecule has 2 aromatic rings. The van der Waals surface area contributed by atoms with Crippen LogP contribution in [0.4, 0.5) is 10.1 Å². The molecule has 0 radical (unpaired) electrons. The number of rotatable bonds is 3. The van der Waals surface area contributed by atoms with E-state index in [0.29, 0.717) is 21.0 Å². The molecule has 6 heteroatoms. The van der Waals surface area contributed by atoms with Gasteiger partial charge in [0.15, 0.2) is 0 Å². The lowest BCUT2D eigenvalue weighted by Crippen LogP contribution is -1.99. The summed E-state index contributed by atoms with van der Waals surface area (Å²) in [6, 6.07) is 10.8. The van der Waals surface area contributed by atoms with E-state index in [2.05, 4.69) is 0 Å². The summed E-state index contributed by atoms with van der Waals surface area (Å²) >= 11 is 6.02. The lowest BCUT2D eigenvalue weighted by molar-refractivity contribution is 0.627. The molecule has 0 aromatic heterocycles. The monoisotopic (exact) mass is 308 g/mol. The van der Waals surface area contributed by atoms with Gasteiger partial charge in [-0.2, -0.15) is 5.26 Å². The first-order chi connectivity index (χ1) is 9.51. The summed E-state index contributed by atoms with van der Waals surface area (Å²) < 4.78 is 25.5. The summed E-state index contributed by atoms with van der Waals surface area (Å²) in [6.07, 6.45) is 0. The molecule has 102 valence electrons. The maximum Gasteiger partial charge on any atom is 0.147 e. The van der Waals surface area contributed by atoms with Gasteiger partial charge in [-0.05, 0) is 35.9 Å². The number of hydrogen-bond donors (Lipinski definition) is 1. The van der Waals surface area contributed by atoms with Crippen LogP contribution in [0, 0.1) is 17.1 Å². The number of nitrogen functional groups attached to an aromatic ring is 1. The quantitative estimate of drug-likeness (QED) is 0.885. The van der Waals surface area contributed by atoms with Gasteiger partial charge in [-0.15, -0.1) is 0 Å². The maximum absolute atomic E-state index is 13.3. The topological polar surface area (TPSA) is 66.9 Å². The molecular weight excluding hydrogens is 299 g/mol. The zero-order valence-electron chi connectivity index (χ0n) is 10.3. The Morgan fingerprint density at radius 1 is 1.30 bits per heavy atom. The lowest BCUT2D eigenvalue weighted by Gasteiger charge is -2.06. The minimum absolute atomic E-state index is 0.0159. The van der Waals surface area contributed by atoms with Crippen molar-refractivity contribution in [3.63, 3.8) is 0 Å². The van der Waals surface area contributed by atoms with Crippen LogP contribution in [0.2, 0.25) is 5.02 Å². The van der Waals surface area contributed by atoms with Crippen LogP contribution in [0.15, 0.2) is 41.3 Å². The molecule has 0 heterocycles. The highest BCUT2D eigenvalue weighted by atomic mass is 35.5. The Labute approximate surface area is 123 Å². The smallest absolute Gasteiger partial charge is 0.147 e. The van der Waals surface area contributed by atoms with Crippen LogP contribution >= 0.6 is 11.6 Å². The number of benzene rings is 2. The van der Waals surface area contributed by atoms with Crippen molar-refractivity contribution in [2.24, 2.45) is 0 Å². The van der Waals surface area contributed by atoms with E-state index < -0.39 is 16.6 Å².